The smallest absolute Gasteiger partial charge is 0.463 e. The van der Waals surface area contributed by atoms with Crippen molar-refractivity contribution in [1.29, 1.82) is 0 Å². The average molecular weight is 1700 g/mol. The standard InChI is InChI=1S/C101H170O16P2/c1-4-7-10-13-16-19-22-25-28-31-34-37-40-42-44-46-47-49-51-52-55-57-60-63-66-69-72-75-78-81-84-87-99(104)111-90-96(102)91-113-118(107,108)114-92-97(103)93-115-119(109,110)116-95-98(117-101(106)89-86-83-80-77-74-71-68-65-62-59-54-39-36-33-30-27-24-21-18-15-12-9-6-3)94-112-100(105)88-85-82-79-76-73-70-67-64-61-58-56-53-50-48-45-43-41-38-35-32-29-26-23-20-17-14-11-8-5-2/h7-12,16-21,25-30,34-39,42-45,59,62,96-98,102-103H,4-6,13-15,22-24,31-33,40-41,46-58,60-61,63-95H2,1-3H3,(H,107,108)(H,109,110)/b10-7-,11-8-,12-9-,19-16-,20-17-,21-18-,28-25-,29-26-,30-27-,37-34-,38-35-,39-36-,44-42-,45-43-,62-59-. The number of aliphatic hydroxyl groups is 2. The van der Waals surface area contributed by atoms with Gasteiger partial charge < -0.3 is 34.2 Å². The largest absolute Gasteiger partial charge is 0.472 e. The lowest BCUT2D eigenvalue weighted by Gasteiger charge is -2.21. The van der Waals surface area contributed by atoms with E-state index in [0.717, 1.165) is 193 Å². The number of aliphatic hydroxyl groups excluding tert-OH is 2. The Labute approximate surface area is 725 Å². The molecule has 0 aromatic heterocycles. The van der Waals surface area contributed by atoms with Crippen LogP contribution in [0.2, 0.25) is 0 Å². The number of unbranched alkanes of at least 4 members (excludes halogenated alkanes) is 35. The summed E-state index contributed by atoms with van der Waals surface area (Å²) in [5.74, 6) is -1.58. The lowest BCUT2D eigenvalue weighted by atomic mass is 10.0. The van der Waals surface area contributed by atoms with Crippen molar-refractivity contribution in [1.82, 2.24) is 0 Å². The third-order valence-corrected chi connectivity index (χ3v) is 21.5. The zero-order valence-corrected chi connectivity index (χ0v) is 76.8. The van der Waals surface area contributed by atoms with Crippen LogP contribution in [0, 0.1) is 0 Å². The number of hydrogen-bond acceptors (Lipinski definition) is 14. The predicted molar refractivity (Wildman–Crippen MR) is 500 cm³/mol. The van der Waals surface area contributed by atoms with Gasteiger partial charge in [-0.25, -0.2) is 9.13 Å². The molecule has 0 saturated heterocycles. The highest BCUT2D eigenvalue weighted by Crippen LogP contribution is 2.45. The molecule has 0 amide bonds. The van der Waals surface area contributed by atoms with E-state index in [9.17, 15) is 43.5 Å². The molecule has 680 valence electrons. The molecule has 0 heterocycles. The first-order valence-corrected chi connectivity index (χ1v) is 50.1. The van der Waals surface area contributed by atoms with Crippen LogP contribution in [-0.4, -0.2) is 95.9 Å². The lowest BCUT2D eigenvalue weighted by Crippen LogP contribution is -2.30. The molecule has 0 aromatic rings. The minimum atomic E-state index is -4.95. The van der Waals surface area contributed by atoms with Crippen LogP contribution in [0.4, 0.5) is 0 Å². The van der Waals surface area contributed by atoms with Gasteiger partial charge in [-0.2, -0.15) is 0 Å². The summed E-state index contributed by atoms with van der Waals surface area (Å²) in [7, 11) is -9.82. The van der Waals surface area contributed by atoms with Crippen molar-refractivity contribution in [2.24, 2.45) is 0 Å². The van der Waals surface area contributed by atoms with Gasteiger partial charge >= 0.3 is 33.6 Å². The number of phosphoric acid groups is 2. The molecule has 0 radical (unpaired) electrons. The van der Waals surface area contributed by atoms with Crippen LogP contribution in [-0.2, 0) is 55.8 Å². The van der Waals surface area contributed by atoms with E-state index >= 15 is 0 Å². The summed E-state index contributed by atoms with van der Waals surface area (Å²) >= 11 is 0. The first-order chi connectivity index (χ1) is 58.2. The second-order valence-corrected chi connectivity index (χ2v) is 33.9. The van der Waals surface area contributed by atoms with E-state index in [1.165, 1.54) is 128 Å². The third kappa shape index (κ3) is 93.2. The molecule has 119 heavy (non-hydrogen) atoms. The lowest BCUT2D eigenvalue weighted by molar-refractivity contribution is -0.161. The van der Waals surface area contributed by atoms with Gasteiger partial charge in [-0.1, -0.05) is 389 Å². The van der Waals surface area contributed by atoms with E-state index in [1.54, 1.807) is 0 Å². The maximum absolute atomic E-state index is 13.1. The molecule has 0 fully saturated rings. The maximum atomic E-state index is 13.1. The van der Waals surface area contributed by atoms with Crippen molar-refractivity contribution < 1.29 is 75.8 Å². The molecular weight excluding hydrogens is 1530 g/mol. The normalized spacial score (nSPS) is 14.6. The van der Waals surface area contributed by atoms with E-state index in [2.05, 4.69) is 203 Å². The summed E-state index contributed by atoms with van der Waals surface area (Å²) in [6.07, 6.45) is 121. The molecular formula is C101H170O16P2. The number of carbonyl (C=O) groups is 3. The van der Waals surface area contributed by atoms with Crippen molar-refractivity contribution >= 4 is 33.6 Å². The molecule has 4 N–H and O–H groups in total. The van der Waals surface area contributed by atoms with Crippen molar-refractivity contribution in [3.63, 3.8) is 0 Å². The molecule has 0 aromatic carbocycles. The van der Waals surface area contributed by atoms with E-state index in [4.69, 9.17) is 32.3 Å². The number of hydrogen-bond donors (Lipinski definition) is 4. The van der Waals surface area contributed by atoms with Gasteiger partial charge in [-0.05, 0) is 154 Å². The van der Waals surface area contributed by atoms with Crippen LogP contribution >= 0.6 is 15.6 Å². The summed E-state index contributed by atoms with van der Waals surface area (Å²) in [6.45, 7) is 2.37. The number of esters is 3. The molecule has 0 aliphatic carbocycles. The summed E-state index contributed by atoms with van der Waals surface area (Å²) < 4.78 is 61.5. The predicted octanol–water partition coefficient (Wildman–Crippen LogP) is 29.2. The Morgan fingerprint density at radius 2 is 0.420 bits per heavy atom. The van der Waals surface area contributed by atoms with Gasteiger partial charge in [0.1, 0.15) is 25.4 Å². The van der Waals surface area contributed by atoms with E-state index in [0.29, 0.717) is 19.3 Å². The zero-order chi connectivity index (χ0) is 86.5. The molecule has 0 spiro atoms. The summed E-state index contributed by atoms with van der Waals surface area (Å²) in [5, 5.41) is 20.8. The maximum Gasteiger partial charge on any atom is 0.472 e. The average Bonchev–Trinajstić information content (AvgIpc) is 0.905. The Balaban J connectivity index is 4.62. The van der Waals surface area contributed by atoms with E-state index in [1.807, 2.05) is 0 Å². The SMILES string of the molecule is CC/C=C\C/C=C\C/C=C\C/C=C\C/C=C\CCCCCCCCCCCCCCCCCC(=O)OCC(O)COP(=O)(O)OCC(O)COP(=O)(O)OCC(COC(=O)CCCCCCCCCCCCCCC/C=C\C/C=C\C/C=C\C/C=C\C/C=C\CC)OC(=O)CCCCCCCCC/C=C\C/C=C\C/C=C\C/C=C\C/C=C\CC. The highest BCUT2D eigenvalue weighted by atomic mass is 31.2. The topological polar surface area (TPSA) is 231 Å². The van der Waals surface area contributed by atoms with Crippen LogP contribution in [0.5, 0.6) is 0 Å². The number of phosphoric ester groups is 2. The van der Waals surface area contributed by atoms with Gasteiger partial charge in [0.2, 0.25) is 0 Å². The number of rotatable bonds is 88. The molecule has 0 aliphatic rings. The highest BCUT2D eigenvalue weighted by Gasteiger charge is 2.29. The second-order valence-electron chi connectivity index (χ2n) is 31.0. The van der Waals surface area contributed by atoms with Gasteiger partial charge in [0, 0.05) is 19.3 Å². The first-order valence-electron chi connectivity index (χ1n) is 47.1. The molecule has 0 aliphatic heterocycles. The zero-order valence-electron chi connectivity index (χ0n) is 75.0. The molecule has 18 heteroatoms. The van der Waals surface area contributed by atoms with Crippen molar-refractivity contribution in [2.45, 2.75) is 399 Å². The third-order valence-electron chi connectivity index (χ3n) is 19.6. The van der Waals surface area contributed by atoms with Gasteiger partial charge in [-0.3, -0.25) is 32.5 Å². The second kappa shape index (κ2) is 91.8. The van der Waals surface area contributed by atoms with Crippen molar-refractivity contribution in [2.75, 3.05) is 39.6 Å². The molecule has 5 atom stereocenters. The van der Waals surface area contributed by atoms with Gasteiger partial charge in [0.05, 0.1) is 26.4 Å². The fraction of sp³-hybridized carbons (Fsp3) is 0.673. The van der Waals surface area contributed by atoms with Gasteiger partial charge in [0.15, 0.2) is 6.10 Å². The Bertz CT molecular complexity index is 2890. The van der Waals surface area contributed by atoms with Crippen molar-refractivity contribution in [3.8, 4) is 0 Å². The fourth-order valence-electron chi connectivity index (χ4n) is 12.6. The highest BCUT2D eigenvalue weighted by molar-refractivity contribution is 7.47. The Hall–Kier alpha value is -5.35. The summed E-state index contributed by atoms with van der Waals surface area (Å²) in [4.78, 5) is 59.1. The summed E-state index contributed by atoms with van der Waals surface area (Å²) in [5.41, 5.74) is 0. The summed E-state index contributed by atoms with van der Waals surface area (Å²) in [6, 6.07) is 0. The number of ether oxygens (including phenoxy) is 3. The van der Waals surface area contributed by atoms with Crippen LogP contribution in [0.3, 0.4) is 0 Å². The number of allylic oxidation sites excluding steroid dienone is 30. The van der Waals surface area contributed by atoms with E-state index in [-0.39, 0.29) is 19.3 Å². The van der Waals surface area contributed by atoms with Gasteiger partial charge in [0.25, 0.3) is 0 Å². The quantitative estimate of drug-likeness (QED) is 0.0146. The van der Waals surface area contributed by atoms with Crippen LogP contribution < -0.4 is 0 Å². The molecule has 0 saturated carbocycles. The minimum absolute atomic E-state index is 0.0867. The Morgan fingerprint density at radius 3 is 0.664 bits per heavy atom. The molecule has 0 bridgehead atoms. The molecule has 5 unspecified atom stereocenters. The number of carbonyl (C=O) groups excluding carboxylic acids is 3. The van der Waals surface area contributed by atoms with Gasteiger partial charge in [-0.15, -0.1) is 0 Å². The van der Waals surface area contributed by atoms with Crippen molar-refractivity contribution in [3.05, 3.63) is 182 Å². The minimum Gasteiger partial charge on any atom is -0.463 e. The Kier molecular flexibility index (Phi) is 87.7. The molecule has 16 nitrogen and oxygen atoms in total. The molecule has 0 rings (SSSR count). The first kappa shape index (κ1) is 114. The van der Waals surface area contributed by atoms with Crippen LogP contribution in [0.15, 0.2) is 182 Å². The monoisotopic (exact) mass is 1700 g/mol. The van der Waals surface area contributed by atoms with E-state index < -0.39 is 91.5 Å². The van der Waals surface area contributed by atoms with Crippen LogP contribution in [0.25, 0.3) is 0 Å². The van der Waals surface area contributed by atoms with Crippen LogP contribution in [0.1, 0.15) is 380 Å². The fourth-order valence-corrected chi connectivity index (χ4v) is 14.2. The Morgan fingerprint density at radius 1 is 0.235 bits per heavy atom.